The highest BCUT2D eigenvalue weighted by Crippen LogP contribution is 2.18. The van der Waals surface area contributed by atoms with Crippen molar-refractivity contribution in [2.75, 3.05) is 37.7 Å². The quantitative estimate of drug-likeness (QED) is 0.803. The standard InChI is InChI=1S/C14H24ClN5O/c1-4-10-21-14-17-12(15)16-13(18-14)20-8-6-19(7-9-20)11(3)5-2/h11H,4-10H2,1-3H3. The van der Waals surface area contributed by atoms with Gasteiger partial charge in [-0.05, 0) is 31.4 Å². The fourth-order valence-electron chi connectivity index (χ4n) is 2.34. The maximum atomic E-state index is 5.97. The summed E-state index contributed by atoms with van der Waals surface area (Å²) in [6, 6.07) is 0.939. The van der Waals surface area contributed by atoms with Crippen molar-refractivity contribution in [2.45, 2.75) is 39.7 Å². The van der Waals surface area contributed by atoms with Crippen molar-refractivity contribution in [3.63, 3.8) is 0 Å². The highest BCUT2D eigenvalue weighted by molar-refractivity contribution is 6.28. The molecule has 1 aromatic rings. The van der Waals surface area contributed by atoms with Gasteiger partial charge < -0.3 is 9.64 Å². The topological polar surface area (TPSA) is 54.4 Å². The van der Waals surface area contributed by atoms with Crippen LogP contribution in [-0.2, 0) is 0 Å². The summed E-state index contributed by atoms with van der Waals surface area (Å²) in [4.78, 5) is 17.2. The van der Waals surface area contributed by atoms with E-state index in [0.29, 0.717) is 24.6 Å². The smallest absolute Gasteiger partial charge is 0.322 e. The van der Waals surface area contributed by atoms with E-state index in [1.807, 2.05) is 6.92 Å². The average Bonchev–Trinajstić information content (AvgIpc) is 2.51. The van der Waals surface area contributed by atoms with E-state index in [1.165, 1.54) is 6.42 Å². The molecule has 2 heterocycles. The maximum absolute atomic E-state index is 5.97. The van der Waals surface area contributed by atoms with E-state index in [4.69, 9.17) is 16.3 Å². The van der Waals surface area contributed by atoms with E-state index in [2.05, 4.69) is 38.6 Å². The molecule has 1 aromatic heterocycles. The Kier molecular flexibility index (Phi) is 5.99. The van der Waals surface area contributed by atoms with Crippen LogP contribution in [0.5, 0.6) is 6.01 Å². The van der Waals surface area contributed by atoms with Crippen LogP contribution in [0.2, 0.25) is 5.28 Å². The van der Waals surface area contributed by atoms with Gasteiger partial charge >= 0.3 is 6.01 Å². The van der Waals surface area contributed by atoms with Gasteiger partial charge in [-0.25, -0.2) is 0 Å². The molecule has 0 aromatic carbocycles. The lowest BCUT2D eigenvalue weighted by Crippen LogP contribution is -2.50. The second kappa shape index (κ2) is 7.75. The molecule has 1 atom stereocenters. The van der Waals surface area contributed by atoms with Crippen LogP contribution >= 0.6 is 11.6 Å². The van der Waals surface area contributed by atoms with Crippen molar-refractivity contribution in [3.8, 4) is 6.01 Å². The van der Waals surface area contributed by atoms with Gasteiger partial charge in [-0.3, -0.25) is 4.90 Å². The zero-order valence-corrected chi connectivity index (χ0v) is 13.8. The lowest BCUT2D eigenvalue weighted by Gasteiger charge is -2.37. The fourth-order valence-corrected chi connectivity index (χ4v) is 2.49. The summed E-state index contributed by atoms with van der Waals surface area (Å²) in [7, 11) is 0. The Morgan fingerprint density at radius 3 is 2.48 bits per heavy atom. The van der Waals surface area contributed by atoms with Crippen LogP contribution in [0.3, 0.4) is 0 Å². The highest BCUT2D eigenvalue weighted by atomic mass is 35.5. The van der Waals surface area contributed by atoms with Gasteiger partial charge in [-0.1, -0.05) is 13.8 Å². The molecule has 1 fully saturated rings. The first-order chi connectivity index (χ1) is 10.1. The van der Waals surface area contributed by atoms with Gasteiger partial charge in [0.2, 0.25) is 11.2 Å². The highest BCUT2D eigenvalue weighted by Gasteiger charge is 2.22. The van der Waals surface area contributed by atoms with Gasteiger partial charge in [-0.15, -0.1) is 0 Å². The summed E-state index contributed by atoms with van der Waals surface area (Å²) in [6.45, 7) is 11.0. The minimum absolute atomic E-state index is 0.190. The van der Waals surface area contributed by atoms with Crippen molar-refractivity contribution in [1.29, 1.82) is 0 Å². The van der Waals surface area contributed by atoms with Crippen molar-refractivity contribution in [1.82, 2.24) is 19.9 Å². The molecule has 0 saturated carbocycles. The SMILES string of the molecule is CCCOc1nc(Cl)nc(N2CCN(C(C)CC)CC2)n1. The zero-order valence-electron chi connectivity index (χ0n) is 13.0. The predicted octanol–water partition coefficient (Wildman–Crippen LogP) is 2.23. The molecule has 0 spiro atoms. The number of hydrogen-bond donors (Lipinski definition) is 0. The third kappa shape index (κ3) is 4.41. The van der Waals surface area contributed by atoms with Crippen molar-refractivity contribution in [2.24, 2.45) is 0 Å². The van der Waals surface area contributed by atoms with Crippen LogP contribution in [-0.4, -0.2) is 58.7 Å². The number of rotatable bonds is 6. The van der Waals surface area contributed by atoms with Crippen molar-refractivity contribution < 1.29 is 4.74 Å². The molecule has 1 saturated heterocycles. The molecule has 118 valence electrons. The Morgan fingerprint density at radius 1 is 1.14 bits per heavy atom. The van der Waals surface area contributed by atoms with Gasteiger partial charge in [0.25, 0.3) is 0 Å². The number of anilines is 1. The summed E-state index contributed by atoms with van der Waals surface area (Å²) in [6.07, 6.45) is 2.08. The lowest BCUT2D eigenvalue weighted by molar-refractivity contribution is 0.191. The Labute approximate surface area is 131 Å². The third-order valence-electron chi connectivity index (χ3n) is 3.82. The molecule has 0 amide bonds. The molecule has 0 bridgehead atoms. The molecule has 2 rings (SSSR count). The Hall–Kier alpha value is -1.14. The Morgan fingerprint density at radius 2 is 1.86 bits per heavy atom. The van der Waals surface area contributed by atoms with E-state index in [9.17, 15) is 0 Å². The summed E-state index contributed by atoms with van der Waals surface area (Å²) >= 11 is 5.97. The largest absolute Gasteiger partial charge is 0.463 e. The molecule has 7 heteroatoms. The number of ether oxygens (including phenoxy) is 1. The lowest BCUT2D eigenvalue weighted by atomic mass is 10.2. The third-order valence-corrected chi connectivity index (χ3v) is 3.99. The van der Waals surface area contributed by atoms with Gasteiger partial charge in [0.15, 0.2) is 0 Å². The average molecular weight is 314 g/mol. The molecule has 1 aliphatic rings. The molecule has 0 aliphatic carbocycles. The molecular formula is C14H24ClN5O. The van der Waals surface area contributed by atoms with E-state index < -0.39 is 0 Å². The Bertz CT molecular complexity index is 451. The molecular weight excluding hydrogens is 290 g/mol. The minimum atomic E-state index is 0.190. The first-order valence-corrected chi connectivity index (χ1v) is 8.05. The number of nitrogens with zero attached hydrogens (tertiary/aromatic N) is 5. The second-order valence-electron chi connectivity index (χ2n) is 5.32. The summed E-state index contributed by atoms with van der Waals surface area (Å²) in [5, 5.41) is 0.190. The first-order valence-electron chi connectivity index (χ1n) is 7.67. The van der Waals surface area contributed by atoms with E-state index in [-0.39, 0.29) is 5.28 Å². The molecule has 0 N–H and O–H groups in total. The normalized spacial score (nSPS) is 17.8. The molecule has 21 heavy (non-hydrogen) atoms. The maximum Gasteiger partial charge on any atom is 0.322 e. The summed E-state index contributed by atoms with van der Waals surface area (Å²) < 4.78 is 5.46. The molecule has 6 nitrogen and oxygen atoms in total. The van der Waals surface area contributed by atoms with Crippen LogP contribution in [0, 0.1) is 0 Å². The number of halogens is 1. The van der Waals surface area contributed by atoms with Crippen LogP contribution in [0.1, 0.15) is 33.6 Å². The fraction of sp³-hybridized carbons (Fsp3) is 0.786. The van der Waals surface area contributed by atoms with Crippen molar-refractivity contribution >= 4 is 17.5 Å². The van der Waals surface area contributed by atoms with E-state index >= 15 is 0 Å². The van der Waals surface area contributed by atoms with Crippen LogP contribution in [0.25, 0.3) is 0 Å². The van der Waals surface area contributed by atoms with Crippen LogP contribution in [0.15, 0.2) is 0 Å². The monoisotopic (exact) mass is 313 g/mol. The van der Waals surface area contributed by atoms with Gasteiger partial charge in [0, 0.05) is 32.2 Å². The molecule has 1 aliphatic heterocycles. The van der Waals surface area contributed by atoms with Gasteiger partial charge in [-0.2, -0.15) is 15.0 Å². The van der Waals surface area contributed by atoms with E-state index in [0.717, 1.165) is 32.6 Å². The van der Waals surface area contributed by atoms with Gasteiger partial charge in [0.1, 0.15) is 0 Å². The predicted molar refractivity (Wildman–Crippen MR) is 84.2 cm³/mol. The van der Waals surface area contributed by atoms with E-state index in [1.54, 1.807) is 0 Å². The number of aromatic nitrogens is 3. The molecule has 1 unspecified atom stereocenters. The minimum Gasteiger partial charge on any atom is -0.463 e. The number of hydrogen-bond acceptors (Lipinski definition) is 6. The summed E-state index contributed by atoms with van der Waals surface area (Å²) in [5.74, 6) is 0.616. The first kappa shape index (κ1) is 16.2. The molecule has 0 radical (unpaired) electrons. The Balaban J connectivity index is 2.01. The number of piperazine rings is 1. The summed E-state index contributed by atoms with van der Waals surface area (Å²) in [5.41, 5.74) is 0. The zero-order chi connectivity index (χ0) is 15.2. The van der Waals surface area contributed by atoms with Gasteiger partial charge in [0.05, 0.1) is 6.61 Å². The van der Waals surface area contributed by atoms with Crippen molar-refractivity contribution in [3.05, 3.63) is 5.28 Å². The van der Waals surface area contributed by atoms with Crippen LogP contribution < -0.4 is 9.64 Å². The van der Waals surface area contributed by atoms with Crippen LogP contribution in [0.4, 0.5) is 5.95 Å². The second-order valence-corrected chi connectivity index (χ2v) is 5.65.